The first-order valence-corrected chi connectivity index (χ1v) is 5.43. The molecule has 0 fully saturated rings. The van der Waals surface area contributed by atoms with Gasteiger partial charge in [0, 0.05) is 4.47 Å². The van der Waals surface area contributed by atoms with Gasteiger partial charge in [-0.25, -0.2) is 4.39 Å². The zero-order valence-electron chi connectivity index (χ0n) is 8.70. The highest BCUT2D eigenvalue weighted by Crippen LogP contribution is 2.30. The number of rotatable bonds is 2. The molecule has 3 heteroatoms. The van der Waals surface area contributed by atoms with E-state index in [4.69, 9.17) is 5.73 Å². The zero-order valence-corrected chi connectivity index (χ0v) is 10.3. The van der Waals surface area contributed by atoms with Gasteiger partial charge in [0.15, 0.2) is 0 Å². The van der Waals surface area contributed by atoms with Gasteiger partial charge in [0.25, 0.3) is 0 Å². The van der Waals surface area contributed by atoms with Crippen LogP contribution in [0.5, 0.6) is 0 Å². The Morgan fingerprint density at radius 3 is 2.50 bits per heavy atom. The maximum absolute atomic E-state index is 13.4. The summed E-state index contributed by atoms with van der Waals surface area (Å²) >= 11 is 3.35. The quantitative estimate of drug-likeness (QED) is 0.867. The topological polar surface area (TPSA) is 26.0 Å². The lowest BCUT2D eigenvalue weighted by molar-refractivity contribution is 0.608. The van der Waals surface area contributed by atoms with Crippen molar-refractivity contribution in [2.45, 2.75) is 26.7 Å². The molecule has 1 nitrogen and oxygen atoms in total. The molecule has 1 aromatic rings. The van der Waals surface area contributed by atoms with Crippen molar-refractivity contribution in [1.82, 2.24) is 0 Å². The number of benzene rings is 1. The molecule has 78 valence electrons. The molecule has 1 aromatic carbocycles. The summed E-state index contributed by atoms with van der Waals surface area (Å²) in [5.74, 6) is 0.0276. The molecule has 14 heavy (non-hydrogen) atoms. The van der Waals surface area contributed by atoms with E-state index in [0.717, 1.165) is 15.6 Å². The van der Waals surface area contributed by atoms with E-state index in [9.17, 15) is 4.39 Å². The van der Waals surface area contributed by atoms with Crippen molar-refractivity contribution >= 4 is 15.9 Å². The van der Waals surface area contributed by atoms with E-state index in [0.29, 0.717) is 12.1 Å². The van der Waals surface area contributed by atoms with E-state index in [1.165, 1.54) is 6.07 Å². The third-order valence-electron chi connectivity index (χ3n) is 2.62. The summed E-state index contributed by atoms with van der Waals surface area (Å²) < 4.78 is 14.3. The fourth-order valence-corrected chi connectivity index (χ4v) is 2.14. The number of hydrogen-bond donors (Lipinski definition) is 1. The van der Waals surface area contributed by atoms with Crippen LogP contribution in [0.2, 0.25) is 0 Å². The molecular weight excluding hydrogens is 245 g/mol. The zero-order chi connectivity index (χ0) is 10.9. The van der Waals surface area contributed by atoms with Gasteiger partial charge in [-0.2, -0.15) is 0 Å². The number of hydrogen-bond acceptors (Lipinski definition) is 1. The lowest BCUT2D eigenvalue weighted by Gasteiger charge is -2.17. The average Bonchev–Trinajstić information content (AvgIpc) is 2.15. The number of halogens is 2. The standard InChI is InChI=1S/C11H15BrFN/c1-6(5-14)11-7(2)9(12)4-10(13)8(11)3/h4,6H,5,14H2,1-3H3. The predicted octanol–water partition coefficient (Wildman–Crippen LogP) is 3.27. The van der Waals surface area contributed by atoms with E-state index >= 15 is 0 Å². The fraction of sp³-hybridized carbons (Fsp3) is 0.455. The average molecular weight is 260 g/mol. The highest BCUT2D eigenvalue weighted by molar-refractivity contribution is 9.10. The molecular formula is C11H15BrFN. The summed E-state index contributed by atoms with van der Waals surface area (Å²) in [6, 6.07) is 1.51. The van der Waals surface area contributed by atoms with Crippen LogP contribution in [0.15, 0.2) is 10.5 Å². The predicted molar refractivity (Wildman–Crippen MR) is 61.0 cm³/mol. The van der Waals surface area contributed by atoms with Gasteiger partial charge in [-0.05, 0) is 49.1 Å². The summed E-state index contributed by atoms with van der Waals surface area (Å²) in [4.78, 5) is 0. The summed E-state index contributed by atoms with van der Waals surface area (Å²) in [5.41, 5.74) is 8.43. The van der Waals surface area contributed by atoms with Gasteiger partial charge in [-0.1, -0.05) is 22.9 Å². The molecule has 0 aliphatic rings. The Morgan fingerprint density at radius 2 is 2.00 bits per heavy atom. The minimum absolute atomic E-state index is 0.169. The molecule has 0 radical (unpaired) electrons. The minimum atomic E-state index is -0.169. The van der Waals surface area contributed by atoms with E-state index in [1.807, 2.05) is 13.8 Å². The number of nitrogens with two attached hydrogens (primary N) is 1. The van der Waals surface area contributed by atoms with E-state index in [-0.39, 0.29) is 11.7 Å². The Labute approximate surface area is 92.6 Å². The van der Waals surface area contributed by atoms with Crippen molar-refractivity contribution in [2.24, 2.45) is 5.73 Å². The molecule has 0 spiro atoms. The van der Waals surface area contributed by atoms with E-state index in [1.54, 1.807) is 6.92 Å². The first-order chi connectivity index (χ1) is 6.49. The molecule has 1 unspecified atom stereocenters. The molecule has 0 aliphatic carbocycles. The van der Waals surface area contributed by atoms with Crippen molar-refractivity contribution in [1.29, 1.82) is 0 Å². The molecule has 1 atom stereocenters. The van der Waals surface area contributed by atoms with Crippen LogP contribution in [0.3, 0.4) is 0 Å². The second kappa shape index (κ2) is 4.41. The Kier molecular flexibility index (Phi) is 3.67. The van der Waals surface area contributed by atoms with Gasteiger partial charge >= 0.3 is 0 Å². The molecule has 2 N–H and O–H groups in total. The molecule has 1 rings (SSSR count). The summed E-state index contributed by atoms with van der Waals surface area (Å²) in [6.45, 7) is 6.34. The lowest BCUT2D eigenvalue weighted by atomic mass is 9.92. The van der Waals surface area contributed by atoms with Gasteiger partial charge < -0.3 is 5.73 Å². The van der Waals surface area contributed by atoms with Crippen molar-refractivity contribution < 1.29 is 4.39 Å². The molecule has 0 bridgehead atoms. The molecule has 0 aromatic heterocycles. The van der Waals surface area contributed by atoms with Gasteiger partial charge in [0.05, 0.1) is 0 Å². The van der Waals surface area contributed by atoms with Gasteiger partial charge in [-0.15, -0.1) is 0 Å². The van der Waals surface area contributed by atoms with Crippen LogP contribution >= 0.6 is 15.9 Å². The third kappa shape index (κ3) is 1.98. The summed E-state index contributed by atoms with van der Waals surface area (Å²) in [5, 5.41) is 0. The minimum Gasteiger partial charge on any atom is -0.330 e. The summed E-state index contributed by atoms with van der Waals surface area (Å²) in [7, 11) is 0. The second-order valence-electron chi connectivity index (χ2n) is 3.64. The summed E-state index contributed by atoms with van der Waals surface area (Å²) in [6.07, 6.45) is 0. The second-order valence-corrected chi connectivity index (χ2v) is 4.49. The van der Waals surface area contributed by atoms with E-state index < -0.39 is 0 Å². The lowest BCUT2D eigenvalue weighted by Crippen LogP contribution is -2.12. The first kappa shape index (κ1) is 11.7. The van der Waals surface area contributed by atoms with Gasteiger partial charge in [0.1, 0.15) is 5.82 Å². The molecule has 0 aliphatic heterocycles. The van der Waals surface area contributed by atoms with Crippen LogP contribution in [0.25, 0.3) is 0 Å². The van der Waals surface area contributed by atoms with E-state index in [2.05, 4.69) is 15.9 Å². The monoisotopic (exact) mass is 259 g/mol. The fourth-order valence-electron chi connectivity index (χ4n) is 1.72. The Morgan fingerprint density at radius 1 is 1.43 bits per heavy atom. The highest BCUT2D eigenvalue weighted by atomic mass is 79.9. The SMILES string of the molecule is Cc1c(F)cc(Br)c(C)c1C(C)CN. The van der Waals surface area contributed by atoms with Gasteiger partial charge in [0.2, 0.25) is 0 Å². The van der Waals surface area contributed by atoms with Gasteiger partial charge in [-0.3, -0.25) is 0 Å². The molecule has 0 heterocycles. The van der Waals surface area contributed by atoms with Crippen LogP contribution in [-0.4, -0.2) is 6.54 Å². The Hall–Kier alpha value is -0.410. The smallest absolute Gasteiger partial charge is 0.127 e. The Bertz CT molecular complexity index is 323. The molecule has 0 saturated heterocycles. The maximum Gasteiger partial charge on any atom is 0.127 e. The highest BCUT2D eigenvalue weighted by Gasteiger charge is 2.15. The third-order valence-corrected chi connectivity index (χ3v) is 3.45. The molecule has 0 amide bonds. The van der Waals surface area contributed by atoms with Crippen LogP contribution in [-0.2, 0) is 0 Å². The van der Waals surface area contributed by atoms with Crippen LogP contribution in [0.1, 0.15) is 29.5 Å². The normalized spacial score (nSPS) is 13.0. The van der Waals surface area contributed by atoms with Crippen molar-refractivity contribution in [3.8, 4) is 0 Å². The van der Waals surface area contributed by atoms with Crippen LogP contribution in [0.4, 0.5) is 4.39 Å². The maximum atomic E-state index is 13.4. The van der Waals surface area contributed by atoms with Crippen molar-refractivity contribution in [3.05, 3.63) is 33.0 Å². The van der Waals surface area contributed by atoms with Crippen molar-refractivity contribution in [3.63, 3.8) is 0 Å². The van der Waals surface area contributed by atoms with Crippen LogP contribution < -0.4 is 5.73 Å². The van der Waals surface area contributed by atoms with Crippen LogP contribution in [0, 0.1) is 19.7 Å². The molecule has 0 saturated carbocycles. The van der Waals surface area contributed by atoms with Crippen molar-refractivity contribution in [2.75, 3.05) is 6.54 Å². The first-order valence-electron chi connectivity index (χ1n) is 4.64. The Balaban J connectivity index is 3.39. The largest absolute Gasteiger partial charge is 0.330 e.